The van der Waals surface area contributed by atoms with Crippen LogP contribution < -0.4 is 5.73 Å². The van der Waals surface area contributed by atoms with Crippen LogP contribution in [0, 0.1) is 0 Å². The van der Waals surface area contributed by atoms with E-state index >= 15 is 0 Å². The fraction of sp³-hybridized carbons (Fsp3) is 0.400. The van der Waals surface area contributed by atoms with Crippen molar-refractivity contribution in [1.29, 1.82) is 0 Å². The van der Waals surface area contributed by atoms with E-state index in [2.05, 4.69) is 4.98 Å². The zero-order chi connectivity index (χ0) is 18.4. The third-order valence-electron chi connectivity index (χ3n) is 4.54. The summed E-state index contributed by atoms with van der Waals surface area (Å²) >= 11 is 0. The monoisotopic (exact) mass is 355 g/mol. The van der Waals surface area contributed by atoms with Gasteiger partial charge < -0.3 is 20.1 Å². The normalized spacial score (nSPS) is 17.3. The Morgan fingerprint density at radius 1 is 1.31 bits per heavy atom. The van der Waals surface area contributed by atoms with Crippen molar-refractivity contribution in [1.82, 2.24) is 9.88 Å². The van der Waals surface area contributed by atoms with Crippen molar-refractivity contribution in [2.24, 2.45) is 0 Å². The number of benzene rings is 1. The fourth-order valence-corrected chi connectivity index (χ4v) is 3.15. The van der Waals surface area contributed by atoms with E-state index in [1.54, 1.807) is 13.3 Å². The Labute approximate surface area is 153 Å². The van der Waals surface area contributed by atoms with Gasteiger partial charge in [-0.2, -0.15) is 0 Å². The molecule has 1 atom stereocenters. The topological polar surface area (TPSA) is 77.7 Å². The smallest absolute Gasteiger partial charge is 0.254 e. The summed E-state index contributed by atoms with van der Waals surface area (Å²) in [4.78, 5) is 18.6. The molecule has 1 fully saturated rings. The second-order valence-corrected chi connectivity index (χ2v) is 6.50. The Kier molecular flexibility index (Phi) is 6.20. The molecule has 1 aromatic heterocycles. The van der Waals surface area contributed by atoms with Gasteiger partial charge in [0.1, 0.15) is 5.82 Å². The van der Waals surface area contributed by atoms with Crippen LogP contribution in [0.5, 0.6) is 0 Å². The molecule has 26 heavy (non-hydrogen) atoms. The number of rotatable bonds is 6. The number of methoxy groups -OCH3 is 1. The molecule has 138 valence electrons. The number of amides is 1. The third-order valence-corrected chi connectivity index (χ3v) is 4.54. The minimum Gasteiger partial charge on any atom is -0.384 e. The number of anilines is 1. The Morgan fingerprint density at radius 2 is 2.12 bits per heavy atom. The Balaban J connectivity index is 1.56. The lowest BCUT2D eigenvalue weighted by atomic mass is 10.1. The molecule has 1 saturated heterocycles. The van der Waals surface area contributed by atoms with Crippen LogP contribution in [0.1, 0.15) is 27.9 Å². The highest BCUT2D eigenvalue weighted by atomic mass is 16.5. The molecule has 2 N–H and O–H groups in total. The van der Waals surface area contributed by atoms with Gasteiger partial charge in [0, 0.05) is 32.0 Å². The highest BCUT2D eigenvalue weighted by molar-refractivity contribution is 5.94. The molecule has 6 heteroatoms. The number of nitrogen functional groups attached to an aromatic ring is 1. The van der Waals surface area contributed by atoms with Gasteiger partial charge in [0.05, 0.1) is 19.3 Å². The van der Waals surface area contributed by atoms with Gasteiger partial charge in [-0.05, 0) is 48.2 Å². The van der Waals surface area contributed by atoms with E-state index in [0.717, 1.165) is 24.0 Å². The molecule has 1 unspecified atom stereocenters. The highest BCUT2D eigenvalue weighted by Gasteiger charge is 2.24. The highest BCUT2D eigenvalue weighted by Crippen LogP contribution is 2.16. The Hall–Kier alpha value is -2.44. The third kappa shape index (κ3) is 4.80. The summed E-state index contributed by atoms with van der Waals surface area (Å²) in [6.07, 6.45) is 3.45. The number of carbonyl (C=O) groups is 1. The molecule has 0 radical (unpaired) electrons. The molecule has 1 aliphatic rings. The van der Waals surface area contributed by atoms with Crippen LogP contribution in [-0.2, 0) is 22.5 Å². The number of pyridine rings is 1. The number of hydrogen-bond acceptors (Lipinski definition) is 5. The number of morpholine rings is 1. The lowest BCUT2D eigenvalue weighted by Crippen LogP contribution is -2.45. The summed E-state index contributed by atoms with van der Waals surface area (Å²) < 4.78 is 10.9. The molecule has 1 aliphatic heterocycles. The maximum Gasteiger partial charge on any atom is 0.254 e. The minimum absolute atomic E-state index is 0.0369. The van der Waals surface area contributed by atoms with Gasteiger partial charge in [-0.25, -0.2) is 4.98 Å². The first-order valence-electron chi connectivity index (χ1n) is 8.85. The van der Waals surface area contributed by atoms with Crippen LogP contribution in [0.4, 0.5) is 5.82 Å². The SMILES string of the molecule is COCc1ccc(C(=O)N2CCOC(CCc3ccnc(N)c3)C2)cc1. The van der Waals surface area contributed by atoms with Crippen LogP contribution in [0.3, 0.4) is 0 Å². The van der Waals surface area contributed by atoms with Gasteiger partial charge in [0.2, 0.25) is 0 Å². The molecule has 1 aromatic carbocycles. The van der Waals surface area contributed by atoms with Crippen molar-refractivity contribution in [2.75, 3.05) is 32.5 Å². The van der Waals surface area contributed by atoms with Crippen molar-refractivity contribution in [3.8, 4) is 0 Å². The zero-order valence-corrected chi connectivity index (χ0v) is 15.1. The summed E-state index contributed by atoms with van der Waals surface area (Å²) in [6.45, 7) is 2.35. The van der Waals surface area contributed by atoms with Crippen LogP contribution in [0.2, 0.25) is 0 Å². The quantitative estimate of drug-likeness (QED) is 0.860. The van der Waals surface area contributed by atoms with Crippen LogP contribution in [0.25, 0.3) is 0 Å². The summed E-state index contributed by atoms with van der Waals surface area (Å²) in [5, 5.41) is 0. The Bertz CT molecular complexity index is 733. The minimum atomic E-state index is 0.0369. The van der Waals surface area contributed by atoms with Gasteiger partial charge >= 0.3 is 0 Å². The molecule has 0 spiro atoms. The zero-order valence-electron chi connectivity index (χ0n) is 15.1. The molecule has 2 heterocycles. The largest absolute Gasteiger partial charge is 0.384 e. The predicted molar refractivity (Wildman–Crippen MR) is 99.8 cm³/mol. The van der Waals surface area contributed by atoms with E-state index in [0.29, 0.717) is 37.7 Å². The molecule has 2 aromatic rings. The summed E-state index contributed by atoms with van der Waals surface area (Å²) in [6, 6.07) is 11.4. The van der Waals surface area contributed by atoms with E-state index < -0.39 is 0 Å². The maximum absolute atomic E-state index is 12.7. The van der Waals surface area contributed by atoms with Crippen molar-refractivity contribution < 1.29 is 14.3 Å². The van der Waals surface area contributed by atoms with Gasteiger partial charge in [-0.1, -0.05) is 12.1 Å². The second kappa shape index (κ2) is 8.78. The molecule has 0 bridgehead atoms. The molecule has 0 aliphatic carbocycles. The first kappa shape index (κ1) is 18.4. The molecule has 3 rings (SSSR count). The van der Waals surface area contributed by atoms with Gasteiger partial charge in [-0.15, -0.1) is 0 Å². The van der Waals surface area contributed by atoms with Crippen LogP contribution in [-0.4, -0.2) is 48.7 Å². The number of aromatic nitrogens is 1. The molecular weight excluding hydrogens is 330 g/mol. The predicted octanol–water partition coefficient (Wildman–Crippen LogP) is 2.28. The summed E-state index contributed by atoms with van der Waals surface area (Å²) in [5.41, 5.74) is 8.61. The average molecular weight is 355 g/mol. The van der Waals surface area contributed by atoms with Gasteiger partial charge in [0.25, 0.3) is 5.91 Å². The number of nitrogens with zero attached hydrogens (tertiary/aromatic N) is 2. The number of carbonyl (C=O) groups excluding carboxylic acids is 1. The number of hydrogen-bond donors (Lipinski definition) is 1. The van der Waals surface area contributed by atoms with Crippen molar-refractivity contribution in [3.63, 3.8) is 0 Å². The van der Waals surface area contributed by atoms with E-state index in [-0.39, 0.29) is 12.0 Å². The lowest BCUT2D eigenvalue weighted by molar-refractivity contribution is -0.0246. The maximum atomic E-state index is 12.7. The summed E-state index contributed by atoms with van der Waals surface area (Å²) in [5.74, 6) is 0.580. The first-order valence-corrected chi connectivity index (χ1v) is 8.85. The van der Waals surface area contributed by atoms with Crippen LogP contribution >= 0.6 is 0 Å². The fourth-order valence-electron chi connectivity index (χ4n) is 3.15. The number of nitrogens with two attached hydrogens (primary N) is 1. The van der Waals surface area contributed by atoms with Crippen molar-refractivity contribution >= 4 is 11.7 Å². The molecule has 1 amide bonds. The lowest BCUT2D eigenvalue weighted by Gasteiger charge is -2.33. The first-order chi connectivity index (χ1) is 12.7. The molecule has 6 nitrogen and oxygen atoms in total. The van der Waals surface area contributed by atoms with Crippen LogP contribution in [0.15, 0.2) is 42.6 Å². The Morgan fingerprint density at radius 3 is 2.85 bits per heavy atom. The number of ether oxygens (including phenoxy) is 2. The van der Waals surface area contributed by atoms with Gasteiger partial charge in [-0.3, -0.25) is 4.79 Å². The average Bonchev–Trinajstić information content (AvgIpc) is 2.67. The van der Waals surface area contributed by atoms with Crippen molar-refractivity contribution in [2.45, 2.75) is 25.6 Å². The van der Waals surface area contributed by atoms with E-state index in [9.17, 15) is 4.79 Å². The molecule has 0 saturated carbocycles. The number of aryl methyl sites for hydroxylation is 1. The van der Waals surface area contributed by atoms with E-state index in [1.807, 2.05) is 41.3 Å². The van der Waals surface area contributed by atoms with E-state index in [1.165, 1.54) is 0 Å². The second-order valence-electron chi connectivity index (χ2n) is 6.50. The van der Waals surface area contributed by atoms with E-state index in [4.69, 9.17) is 15.2 Å². The molecular formula is C20H25N3O3. The standard InChI is InChI=1S/C20H25N3O3/c1-25-14-16-2-5-17(6-3-16)20(24)23-10-11-26-18(13-23)7-4-15-8-9-22-19(21)12-15/h2-3,5-6,8-9,12,18H,4,7,10-11,13-14H2,1H3,(H2,21,22). The van der Waals surface area contributed by atoms with Crippen molar-refractivity contribution in [3.05, 3.63) is 59.3 Å². The summed E-state index contributed by atoms with van der Waals surface area (Å²) in [7, 11) is 1.66. The van der Waals surface area contributed by atoms with Gasteiger partial charge in [0.15, 0.2) is 0 Å².